The van der Waals surface area contributed by atoms with Crippen LogP contribution in [0.15, 0.2) is 33.3 Å². The van der Waals surface area contributed by atoms with E-state index in [2.05, 4.69) is 31.0 Å². The van der Waals surface area contributed by atoms with Gasteiger partial charge in [0.15, 0.2) is 18.1 Å². The van der Waals surface area contributed by atoms with Crippen molar-refractivity contribution in [3.63, 3.8) is 0 Å². The van der Waals surface area contributed by atoms with E-state index in [4.69, 9.17) is 12.2 Å². The summed E-state index contributed by atoms with van der Waals surface area (Å²) >= 11 is 8.63. The number of halogens is 1. The number of hydrogen-bond acceptors (Lipinski definition) is 6. The highest BCUT2D eigenvalue weighted by Crippen LogP contribution is 2.24. The van der Waals surface area contributed by atoms with Crippen molar-refractivity contribution in [3.05, 3.63) is 34.4 Å². The Bertz CT molecular complexity index is 881. The molecular formula is C16H16BrN5O4S. The van der Waals surface area contributed by atoms with Crippen molar-refractivity contribution in [3.8, 4) is 5.95 Å². The second-order valence-electron chi connectivity index (χ2n) is 6.01. The van der Waals surface area contributed by atoms with Crippen LogP contribution in [0.3, 0.4) is 0 Å². The molecule has 1 aliphatic rings. The van der Waals surface area contributed by atoms with Crippen LogP contribution >= 0.6 is 28.1 Å². The monoisotopic (exact) mass is 453 g/mol. The summed E-state index contributed by atoms with van der Waals surface area (Å²) in [5.74, 6) is -1.26. The van der Waals surface area contributed by atoms with Crippen molar-refractivity contribution in [2.24, 2.45) is 7.05 Å². The molecule has 0 bridgehead atoms. The molecule has 1 saturated heterocycles. The molecule has 1 fully saturated rings. The van der Waals surface area contributed by atoms with Crippen LogP contribution in [0.25, 0.3) is 0 Å². The number of carbonyl (C=O) groups excluding carboxylic acids is 2. The number of anilines is 1. The lowest BCUT2D eigenvalue weighted by molar-refractivity contribution is -0.746. The lowest BCUT2D eigenvalue weighted by Gasteiger charge is -2.21. The molecule has 0 aliphatic carbocycles. The molecule has 0 saturated carbocycles. The molecule has 1 atom stereocenters. The van der Waals surface area contributed by atoms with Gasteiger partial charge in [-0.2, -0.15) is 0 Å². The van der Waals surface area contributed by atoms with Gasteiger partial charge in [0.2, 0.25) is 5.91 Å². The fraction of sp³-hybridized carbons (Fsp3) is 0.312. The molecule has 1 N–H and O–H groups in total. The van der Waals surface area contributed by atoms with E-state index in [0.29, 0.717) is 5.69 Å². The summed E-state index contributed by atoms with van der Waals surface area (Å²) in [7, 11) is 3.09. The Kier molecular flexibility index (Phi) is 5.42. The van der Waals surface area contributed by atoms with Gasteiger partial charge in [-0.15, -0.1) is 0 Å². The number of aryl methyl sites for hydroxylation is 1. The molecule has 2 aromatic rings. The quantitative estimate of drug-likeness (QED) is 0.512. The lowest BCUT2D eigenvalue weighted by atomic mass is 10.1. The van der Waals surface area contributed by atoms with Crippen molar-refractivity contribution in [2.45, 2.75) is 19.0 Å². The van der Waals surface area contributed by atoms with Crippen LogP contribution in [-0.2, 0) is 23.2 Å². The first-order valence-electron chi connectivity index (χ1n) is 7.93. The topological polar surface area (TPSA) is 106 Å². The zero-order chi connectivity index (χ0) is 19.7. The number of amides is 2. The van der Waals surface area contributed by atoms with Crippen molar-refractivity contribution in [1.82, 2.24) is 15.1 Å². The van der Waals surface area contributed by atoms with E-state index in [1.807, 2.05) is 0 Å². The maximum Gasteiger partial charge on any atom is 0.252 e. The predicted molar refractivity (Wildman–Crippen MR) is 99.2 cm³/mol. The van der Waals surface area contributed by atoms with Crippen molar-refractivity contribution < 1.29 is 23.9 Å². The number of thiocarbonyl (C=S) groups is 1. The summed E-state index contributed by atoms with van der Waals surface area (Å²) < 4.78 is 6.78. The van der Waals surface area contributed by atoms with Crippen LogP contribution in [-0.4, -0.2) is 45.1 Å². The van der Waals surface area contributed by atoms with Gasteiger partial charge in [0.25, 0.3) is 11.6 Å². The van der Waals surface area contributed by atoms with Crippen molar-refractivity contribution in [2.75, 3.05) is 12.4 Å². The average Bonchev–Trinajstić information content (AvgIpc) is 3.04. The number of nitrogens with one attached hydrogen (secondary N) is 1. The fourth-order valence-electron chi connectivity index (χ4n) is 2.73. The number of likely N-dealkylation sites (N-methyl/N-ethyl adjacent to an activating group) is 1. The first-order valence-corrected chi connectivity index (χ1v) is 9.13. The van der Waals surface area contributed by atoms with E-state index in [9.17, 15) is 14.7 Å². The molecule has 2 heterocycles. The van der Waals surface area contributed by atoms with Crippen LogP contribution < -0.4 is 15.1 Å². The first-order chi connectivity index (χ1) is 12.8. The van der Waals surface area contributed by atoms with Gasteiger partial charge in [-0.1, -0.05) is 20.6 Å². The van der Waals surface area contributed by atoms with E-state index < -0.39 is 12.0 Å². The van der Waals surface area contributed by atoms with E-state index in [1.165, 1.54) is 21.5 Å². The molecule has 1 aromatic carbocycles. The Morgan fingerprint density at radius 1 is 1.44 bits per heavy atom. The summed E-state index contributed by atoms with van der Waals surface area (Å²) in [6.07, 6.45) is -0.109. The molecule has 1 aliphatic heterocycles. The van der Waals surface area contributed by atoms with Gasteiger partial charge in [0.1, 0.15) is 12.6 Å². The Labute approximate surface area is 168 Å². The molecular weight excluding hydrogens is 438 g/mol. The van der Waals surface area contributed by atoms with Gasteiger partial charge >= 0.3 is 0 Å². The largest absolute Gasteiger partial charge is 0.539 e. The van der Waals surface area contributed by atoms with Gasteiger partial charge in [-0.25, -0.2) is 0 Å². The smallest absolute Gasteiger partial charge is 0.252 e. The standard InChI is InChI=1S/C16H16BrN5O4S/c1-20-14(24)11(7-13(23)18-10-5-3-9(17)4-6-10)22(16(20)27)8-12-15(25)26-19-21(12)2/h3-6,11H,7-8H2,1-2H3,(H-,18,19,23,25). The van der Waals surface area contributed by atoms with Crippen molar-refractivity contribution in [1.29, 1.82) is 0 Å². The third-order valence-electron chi connectivity index (χ3n) is 4.22. The van der Waals surface area contributed by atoms with Crippen LogP contribution in [0.4, 0.5) is 5.69 Å². The fourth-order valence-corrected chi connectivity index (χ4v) is 3.28. The molecule has 142 valence electrons. The summed E-state index contributed by atoms with van der Waals surface area (Å²) in [6.45, 7) is 0.0178. The number of aromatic nitrogens is 2. The lowest BCUT2D eigenvalue weighted by Crippen LogP contribution is -2.42. The first kappa shape index (κ1) is 19.2. The van der Waals surface area contributed by atoms with Gasteiger partial charge in [-0.05, 0) is 36.5 Å². The number of carbonyl (C=O) groups is 2. The van der Waals surface area contributed by atoms with Crippen LogP contribution in [0, 0.1) is 0 Å². The van der Waals surface area contributed by atoms with Gasteiger partial charge in [-0.3, -0.25) is 14.5 Å². The number of benzene rings is 1. The summed E-state index contributed by atoms with van der Waals surface area (Å²) in [6, 6.07) is 6.27. The van der Waals surface area contributed by atoms with Crippen LogP contribution in [0.1, 0.15) is 12.1 Å². The van der Waals surface area contributed by atoms with Crippen LogP contribution in [0.2, 0.25) is 0 Å². The van der Waals surface area contributed by atoms with E-state index in [0.717, 1.165) is 4.47 Å². The molecule has 11 heteroatoms. The molecule has 0 radical (unpaired) electrons. The van der Waals surface area contributed by atoms with Gasteiger partial charge in [0.05, 0.1) is 11.7 Å². The molecule has 9 nitrogen and oxygen atoms in total. The summed E-state index contributed by atoms with van der Waals surface area (Å²) in [4.78, 5) is 27.8. The highest BCUT2D eigenvalue weighted by atomic mass is 79.9. The SMILES string of the molecule is CN1C(=O)C(CC(=O)Nc2ccc(Br)cc2)N(Cc2c([O-])on[n+]2C)C1=S. The average molecular weight is 454 g/mol. The Hall–Kier alpha value is -2.53. The summed E-state index contributed by atoms with van der Waals surface area (Å²) in [5, 5.41) is 18.3. The number of nitrogens with zero attached hydrogens (tertiary/aromatic N) is 4. The second kappa shape index (κ2) is 7.61. The molecule has 1 unspecified atom stereocenters. The van der Waals surface area contributed by atoms with Crippen molar-refractivity contribution >= 4 is 50.8 Å². The minimum Gasteiger partial charge on any atom is -0.539 e. The van der Waals surface area contributed by atoms with Gasteiger partial charge < -0.3 is 19.8 Å². The predicted octanol–water partition coefficient (Wildman–Crippen LogP) is 0.291. The molecule has 0 spiro atoms. The van der Waals surface area contributed by atoms with E-state index in [1.54, 1.807) is 31.3 Å². The second-order valence-corrected chi connectivity index (χ2v) is 7.29. The normalized spacial score (nSPS) is 16.9. The highest BCUT2D eigenvalue weighted by Gasteiger charge is 2.42. The zero-order valence-electron chi connectivity index (χ0n) is 14.5. The maximum atomic E-state index is 12.5. The minimum absolute atomic E-state index is 0.0178. The van der Waals surface area contributed by atoms with E-state index in [-0.39, 0.29) is 35.6 Å². The van der Waals surface area contributed by atoms with Crippen LogP contribution in [0.5, 0.6) is 5.95 Å². The number of hydrogen-bond donors (Lipinski definition) is 1. The molecule has 27 heavy (non-hydrogen) atoms. The Morgan fingerprint density at radius 3 is 2.70 bits per heavy atom. The zero-order valence-corrected chi connectivity index (χ0v) is 16.9. The minimum atomic E-state index is -0.813. The maximum absolute atomic E-state index is 12.5. The number of rotatable bonds is 5. The van der Waals surface area contributed by atoms with Gasteiger partial charge in [0, 0.05) is 17.2 Å². The Morgan fingerprint density at radius 2 is 2.11 bits per heavy atom. The molecule has 1 aromatic heterocycles. The highest BCUT2D eigenvalue weighted by molar-refractivity contribution is 9.10. The third-order valence-corrected chi connectivity index (χ3v) is 5.26. The third kappa shape index (κ3) is 3.93. The summed E-state index contributed by atoms with van der Waals surface area (Å²) in [5.41, 5.74) is 0.849. The van der Waals surface area contributed by atoms with E-state index >= 15 is 0 Å². The molecule has 3 rings (SSSR count). The Balaban J connectivity index is 1.76. The molecule has 2 amide bonds.